The number of ether oxygens (including phenoxy) is 1. The number of nitrogens with zero attached hydrogens (tertiary/aromatic N) is 4. The number of carbonyl (C=O) groups excluding carboxylic acids is 2. The normalized spacial score (nSPS) is 13.2. The summed E-state index contributed by atoms with van der Waals surface area (Å²) < 4.78 is 63.5. The van der Waals surface area contributed by atoms with Crippen molar-refractivity contribution in [3.05, 3.63) is 77.6 Å². The largest absolute Gasteiger partial charge is 0.491 e. The van der Waals surface area contributed by atoms with Crippen LogP contribution in [0.2, 0.25) is 0 Å². The second-order valence-corrected chi connectivity index (χ2v) is 8.41. The Morgan fingerprint density at radius 2 is 1.90 bits per heavy atom. The summed E-state index contributed by atoms with van der Waals surface area (Å²) >= 11 is 0. The highest BCUT2D eigenvalue weighted by Crippen LogP contribution is 2.42. The number of aromatic nitrogens is 4. The zero-order valence-corrected chi connectivity index (χ0v) is 20.4. The number of hydrogen-bond donors (Lipinski definition) is 3. The lowest BCUT2D eigenvalue weighted by molar-refractivity contribution is -0.265. The van der Waals surface area contributed by atoms with Crippen molar-refractivity contribution in [3.63, 3.8) is 0 Å². The van der Waals surface area contributed by atoms with Crippen molar-refractivity contribution in [1.82, 2.24) is 24.9 Å². The number of primary amides is 1. The molecule has 4 aromatic rings. The number of nitrogens with one attached hydrogen (secondary N) is 1. The number of hydrogen-bond acceptors (Lipinski definition) is 7. The van der Waals surface area contributed by atoms with Gasteiger partial charge >= 0.3 is 6.18 Å². The second-order valence-electron chi connectivity index (χ2n) is 8.41. The molecule has 14 heteroatoms. The quantitative estimate of drug-likeness (QED) is 0.274. The molecule has 10 nitrogen and oxygen atoms in total. The Bertz CT molecular complexity index is 1520. The van der Waals surface area contributed by atoms with Gasteiger partial charge in [0, 0.05) is 17.3 Å². The van der Waals surface area contributed by atoms with Gasteiger partial charge in [-0.25, -0.2) is 18.9 Å². The van der Waals surface area contributed by atoms with Crippen molar-refractivity contribution < 1.29 is 37.0 Å². The number of rotatable bonds is 9. The van der Waals surface area contributed by atoms with E-state index in [1.165, 1.54) is 24.4 Å². The van der Waals surface area contributed by atoms with E-state index >= 15 is 0 Å². The second kappa shape index (κ2) is 10.6. The third-order valence-corrected chi connectivity index (χ3v) is 5.73. The zero-order valence-electron chi connectivity index (χ0n) is 20.4. The molecule has 4 N–H and O–H groups in total. The van der Waals surface area contributed by atoms with Crippen LogP contribution in [0, 0.1) is 5.82 Å². The van der Waals surface area contributed by atoms with Crippen LogP contribution in [-0.4, -0.2) is 55.8 Å². The van der Waals surface area contributed by atoms with Gasteiger partial charge in [0.2, 0.25) is 11.5 Å². The number of amides is 2. The highest BCUT2D eigenvalue weighted by Gasteiger charge is 2.56. The summed E-state index contributed by atoms with van der Waals surface area (Å²) in [5, 5.41) is 17.0. The highest BCUT2D eigenvalue weighted by atomic mass is 19.4. The van der Waals surface area contributed by atoms with E-state index in [1.54, 1.807) is 13.0 Å². The van der Waals surface area contributed by atoms with Crippen LogP contribution in [0.3, 0.4) is 0 Å². The van der Waals surface area contributed by atoms with Gasteiger partial charge in [-0.15, -0.1) is 0 Å². The number of benzene rings is 1. The first-order valence-electron chi connectivity index (χ1n) is 11.5. The van der Waals surface area contributed by atoms with Crippen molar-refractivity contribution in [2.45, 2.75) is 25.1 Å². The topological polar surface area (TPSA) is 145 Å². The molecule has 0 unspecified atom stereocenters. The van der Waals surface area contributed by atoms with E-state index in [4.69, 9.17) is 10.5 Å². The predicted molar refractivity (Wildman–Crippen MR) is 129 cm³/mol. The number of fused-ring (bicyclic) bond motifs is 1. The van der Waals surface area contributed by atoms with Crippen LogP contribution < -0.4 is 15.8 Å². The number of carbonyl (C=O) groups is 2. The Hall–Kier alpha value is -4.59. The lowest BCUT2D eigenvalue weighted by Gasteiger charge is -2.31. The maximum Gasteiger partial charge on any atom is 0.424 e. The van der Waals surface area contributed by atoms with Gasteiger partial charge in [-0.2, -0.15) is 18.3 Å². The number of imidazole rings is 1. The third kappa shape index (κ3) is 5.50. The van der Waals surface area contributed by atoms with Gasteiger partial charge in [-0.3, -0.25) is 9.59 Å². The van der Waals surface area contributed by atoms with Crippen LogP contribution in [0.15, 0.2) is 54.9 Å². The molecule has 3 heterocycles. The Morgan fingerprint density at radius 1 is 1.18 bits per heavy atom. The van der Waals surface area contributed by atoms with Gasteiger partial charge < -0.3 is 20.9 Å². The number of nitrogens with two attached hydrogens (primary N) is 1. The summed E-state index contributed by atoms with van der Waals surface area (Å²) in [5.74, 6) is -2.55. The molecule has 2 amide bonds. The first-order chi connectivity index (χ1) is 18.4. The van der Waals surface area contributed by atoms with Crippen LogP contribution in [0.1, 0.15) is 28.7 Å². The summed E-state index contributed by atoms with van der Waals surface area (Å²) in [4.78, 5) is 32.5. The van der Waals surface area contributed by atoms with Crippen molar-refractivity contribution in [1.29, 1.82) is 0 Å². The first-order valence-corrected chi connectivity index (χ1v) is 11.5. The first kappa shape index (κ1) is 27.4. The minimum Gasteiger partial charge on any atom is -0.491 e. The average Bonchev–Trinajstić information content (AvgIpc) is 3.32. The highest BCUT2D eigenvalue weighted by molar-refractivity contribution is 5.93. The van der Waals surface area contributed by atoms with Crippen LogP contribution in [0.5, 0.6) is 5.75 Å². The summed E-state index contributed by atoms with van der Waals surface area (Å²) in [6, 6.07) is 8.58. The van der Waals surface area contributed by atoms with Crippen LogP contribution >= 0.6 is 0 Å². The molecule has 0 fully saturated rings. The van der Waals surface area contributed by atoms with E-state index in [0.29, 0.717) is 0 Å². The summed E-state index contributed by atoms with van der Waals surface area (Å²) in [6.07, 6.45) is -3.41. The van der Waals surface area contributed by atoms with E-state index in [2.05, 4.69) is 20.4 Å². The molecule has 0 aliphatic heterocycles. The van der Waals surface area contributed by atoms with Crippen LogP contribution in [0.4, 0.5) is 17.6 Å². The number of pyridine rings is 1. The molecule has 0 spiro atoms. The molecular formula is C25H22F4N6O4. The fourth-order valence-corrected chi connectivity index (χ4v) is 3.84. The fourth-order valence-electron chi connectivity index (χ4n) is 3.84. The molecule has 4 rings (SSSR count). The third-order valence-electron chi connectivity index (χ3n) is 5.73. The summed E-state index contributed by atoms with van der Waals surface area (Å²) in [5.41, 5.74) is 0.643. The predicted octanol–water partition coefficient (Wildman–Crippen LogP) is 2.54. The minimum absolute atomic E-state index is 0.0495. The molecule has 1 aromatic carbocycles. The van der Waals surface area contributed by atoms with E-state index in [1.807, 2.05) is 0 Å². The Labute approximate surface area is 218 Å². The standard InChI is InChI=1S/C25H22F4N6O4/c1-2-39-22-15(11-19(30)36)10-18(34-21(22)14-5-7-16(26)8-6-14)24(38,25(27,28)29)13-32-23(37)17-12-31-20-4-3-9-33-35(17)20/h3-10,12,38H,2,11,13H2,1H3,(H2,30,36)(H,32,37)/t24-/m0/s1. The van der Waals surface area contributed by atoms with E-state index in [0.717, 1.165) is 28.9 Å². The number of halogens is 4. The molecular weight excluding hydrogens is 524 g/mol. The maximum atomic E-state index is 14.4. The minimum atomic E-state index is -5.35. The number of aliphatic hydroxyl groups is 1. The average molecular weight is 546 g/mol. The Balaban J connectivity index is 1.81. The van der Waals surface area contributed by atoms with Gasteiger partial charge in [-0.05, 0) is 49.4 Å². The molecule has 3 aromatic heterocycles. The number of alkyl halides is 3. The van der Waals surface area contributed by atoms with Crippen molar-refractivity contribution in [2.75, 3.05) is 13.2 Å². The van der Waals surface area contributed by atoms with Crippen molar-refractivity contribution >= 4 is 17.5 Å². The van der Waals surface area contributed by atoms with Gasteiger partial charge in [0.05, 0.1) is 31.5 Å². The van der Waals surface area contributed by atoms with Gasteiger partial charge in [-0.1, -0.05) is 0 Å². The van der Waals surface area contributed by atoms with Crippen LogP contribution in [-0.2, 0) is 16.8 Å². The fraction of sp³-hybridized carbons (Fsp3) is 0.240. The molecule has 0 aliphatic carbocycles. The Kier molecular flexibility index (Phi) is 7.49. The maximum absolute atomic E-state index is 14.4. The van der Waals surface area contributed by atoms with E-state index in [9.17, 15) is 32.3 Å². The van der Waals surface area contributed by atoms with E-state index < -0.39 is 48.1 Å². The molecule has 0 aliphatic rings. The van der Waals surface area contributed by atoms with Gasteiger partial charge in [0.15, 0.2) is 5.65 Å². The van der Waals surface area contributed by atoms with E-state index in [-0.39, 0.29) is 40.5 Å². The molecule has 1 atom stereocenters. The van der Waals surface area contributed by atoms with Gasteiger partial charge in [0.25, 0.3) is 5.91 Å². The zero-order chi connectivity index (χ0) is 28.4. The monoisotopic (exact) mass is 546 g/mol. The summed E-state index contributed by atoms with van der Waals surface area (Å²) in [7, 11) is 0. The molecule has 0 saturated heterocycles. The Morgan fingerprint density at radius 3 is 2.54 bits per heavy atom. The molecule has 0 radical (unpaired) electrons. The van der Waals surface area contributed by atoms with Crippen molar-refractivity contribution in [2.24, 2.45) is 5.73 Å². The lowest BCUT2D eigenvalue weighted by atomic mass is 9.93. The lowest BCUT2D eigenvalue weighted by Crippen LogP contribution is -2.51. The molecule has 0 saturated carbocycles. The van der Waals surface area contributed by atoms with Gasteiger partial charge in [0.1, 0.15) is 23.0 Å². The smallest absolute Gasteiger partial charge is 0.424 e. The molecule has 0 bridgehead atoms. The van der Waals surface area contributed by atoms with Crippen molar-refractivity contribution in [3.8, 4) is 17.0 Å². The van der Waals surface area contributed by atoms with Crippen LogP contribution in [0.25, 0.3) is 16.9 Å². The molecule has 39 heavy (non-hydrogen) atoms. The SMILES string of the molecule is CCOc1c(CC(N)=O)cc([C@@](O)(CNC(=O)c2cnc3cccnn23)C(F)(F)F)nc1-c1ccc(F)cc1. The summed E-state index contributed by atoms with van der Waals surface area (Å²) in [6.45, 7) is 0.302. The molecule has 204 valence electrons.